The van der Waals surface area contributed by atoms with Gasteiger partial charge in [0.05, 0.1) is 53.9 Å². The van der Waals surface area contributed by atoms with Crippen molar-refractivity contribution in [1.29, 1.82) is 10.5 Å². The Kier molecular flexibility index (Phi) is 13.7. The van der Waals surface area contributed by atoms with E-state index in [1.165, 1.54) is 17.8 Å². The summed E-state index contributed by atoms with van der Waals surface area (Å²) in [6.45, 7) is 3.14. The molecule has 1 unspecified atom stereocenters. The number of anilines is 4. The molecule has 1 aliphatic heterocycles. The lowest BCUT2D eigenvalue weighted by molar-refractivity contribution is -0.152. The van der Waals surface area contributed by atoms with Crippen LogP contribution in [0.5, 0.6) is 0 Å². The Hall–Kier alpha value is -4.32. The summed E-state index contributed by atoms with van der Waals surface area (Å²) in [5.41, 5.74) is 13.1. The Labute approximate surface area is 276 Å². The molecule has 16 nitrogen and oxygen atoms in total. The van der Waals surface area contributed by atoms with E-state index in [0.717, 1.165) is 0 Å². The third-order valence-corrected chi connectivity index (χ3v) is 7.08. The molecule has 0 bridgehead atoms. The van der Waals surface area contributed by atoms with Crippen molar-refractivity contribution in [3.8, 4) is 12.1 Å². The summed E-state index contributed by atoms with van der Waals surface area (Å²) in [6.07, 6.45) is 0.488. The monoisotopic (exact) mass is 682 g/mol. The molecule has 45 heavy (non-hydrogen) atoms. The van der Waals surface area contributed by atoms with Crippen molar-refractivity contribution in [2.24, 2.45) is 11.5 Å². The van der Waals surface area contributed by atoms with Gasteiger partial charge in [-0.2, -0.15) is 20.0 Å². The van der Waals surface area contributed by atoms with Gasteiger partial charge in [-0.25, -0.2) is 9.78 Å². The molecule has 7 N–H and O–H groups in total. The first-order valence-electron chi connectivity index (χ1n) is 13.4. The number of fused-ring (bicyclic) bond motifs is 1. The van der Waals surface area contributed by atoms with E-state index >= 15 is 0 Å². The number of hydrogen-bond donors (Lipinski definition) is 5. The molecule has 1 fully saturated rings. The number of hydrogen-bond acceptors (Lipinski definition) is 14. The highest BCUT2D eigenvalue weighted by molar-refractivity contribution is 6.36. The van der Waals surface area contributed by atoms with E-state index in [4.69, 9.17) is 32.5 Å². The number of piperidine rings is 1. The zero-order chi connectivity index (χ0) is 31.1. The number of benzene rings is 1. The number of ether oxygens (including phenoxy) is 2. The van der Waals surface area contributed by atoms with Crippen molar-refractivity contribution in [2.75, 3.05) is 48.8 Å². The van der Waals surface area contributed by atoms with Crippen LogP contribution in [0.15, 0.2) is 18.3 Å². The van der Waals surface area contributed by atoms with Gasteiger partial charge in [0.15, 0.2) is 17.2 Å². The van der Waals surface area contributed by atoms with Crippen LogP contribution in [0.25, 0.3) is 5.65 Å². The Morgan fingerprint density at radius 1 is 1.27 bits per heavy atom. The molecule has 3 atom stereocenters. The predicted molar refractivity (Wildman–Crippen MR) is 171 cm³/mol. The maximum Gasteiger partial charge on any atom is 0.407 e. The van der Waals surface area contributed by atoms with Crippen LogP contribution in [-0.2, 0) is 14.3 Å². The smallest absolute Gasteiger partial charge is 0.407 e. The highest BCUT2D eigenvalue weighted by Gasteiger charge is 2.35. The molecule has 19 heteroatoms. The maximum atomic E-state index is 12.7. The van der Waals surface area contributed by atoms with Crippen LogP contribution < -0.4 is 32.3 Å². The van der Waals surface area contributed by atoms with Crippen molar-refractivity contribution in [3.05, 3.63) is 34.6 Å². The van der Waals surface area contributed by atoms with Crippen molar-refractivity contribution in [1.82, 2.24) is 24.9 Å². The number of nitriles is 2. The van der Waals surface area contributed by atoms with Crippen molar-refractivity contribution < 1.29 is 19.1 Å². The Morgan fingerprint density at radius 2 is 2.02 bits per heavy atom. The molecule has 0 saturated carbocycles. The van der Waals surface area contributed by atoms with Crippen LogP contribution >= 0.6 is 36.4 Å². The summed E-state index contributed by atoms with van der Waals surface area (Å²) in [6, 6.07) is 5.82. The zero-order valence-corrected chi connectivity index (χ0v) is 26.7. The Morgan fingerprint density at radius 3 is 2.67 bits per heavy atom. The minimum atomic E-state index is -0.929. The highest BCUT2D eigenvalue weighted by atomic mass is 35.5. The fourth-order valence-corrected chi connectivity index (χ4v) is 4.85. The molecule has 1 aliphatic rings. The first kappa shape index (κ1) is 36.9. The van der Waals surface area contributed by atoms with E-state index in [-0.39, 0.29) is 66.6 Å². The topological polar surface area (TPSA) is 235 Å². The van der Waals surface area contributed by atoms with E-state index in [1.54, 1.807) is 12.1 Å². The third-order valence-electron chi connectivity index (χ3n) is 6.69. The first-order chi connectivity index (χ1) is 20.7. The molecule has 4 rings (SSSR count). The molecular formula is C26H33Cl3N12O4. The van der Waals surface area contributed by atoms with Gasteiger partial charge in [-0.1, -0.05) is 11.6 Å². The number of rotatable bonds is 10. The summed E-state index contributed by atoms with van der Waals surface area (Å²) in [5, 5.41) is 32.8. The van der Waals surface area contributed by atoms with E-state index in [0.29, 0.717) is 42.4 Å². The van der Waals surface area contributed by atoms with Crippen molar-refractivity contribution >= 4 is 77.3 Å². The van der Waals surface area contributed by atoms with Gasteiger partial charge in [0, 0.05) is 13.1 Å². The SMILES string of the molecule is CCNc1nc(Nc2cc(C#N)cc(N3CC[C@@H](NC(=O)OC)[C@H](OC(=O)C(N)CCN)C3)c2Cl)nn2c(C#N)cnc12.Cl.Cl. The van der Waals surface area contributed by atoms with Gasteiger partial charge < -0.3 is 41.8 Å². The molecule has 0 spiro atoms. The molecule has 1 aromatic carbocycles. The average Bonchev–Trinajstić information content (AvgIpc) is 3.42. The molecule has 0 radical (unpaired) electrons. The van der Waals surface area contributed by atoms with Crippen LogP contribution in [0.1, 0.15) is 31.0 Å². The van der Waals surface area contributed by atoms with Crippen LogP contribution in [0.2, 0.25) is 5.02 Å². The molecule has 1 saturated heterocycles. The molecule has 3 aromatic rings. The van der Waals surface area contributed by atoms with E-state index < -0.39 is 30.3 Å². The second-order valence-corrected chi connectivity index (χ2v) is 9.91. The van der Waals surface area contributed by atoms with Crippen LogP contribution in [0, 0.1) is 22.7 Å². The zero-order valence-electron chi connectivity index (χ0n) is 24.3. The van der Waals surface area contributed by atoms with Crippen LogP contribution in [-0.4, -0.2) is 83.1 Å². The maximum absolute atomic E-state index is 12.7. The van der Waals surface area contributed by atoms with E-state index in [1.807, 2.05) is 17.9 Å². The first-order valence-corrected chi connectivity index (χ1v) is 13.8. The summed E-state index contributed by atoms with van der Waals surface area (Å²) in [5.74, 6) is -0.164. The second-order valence-electron chi connectivity index (χ2n) is 9.54. The number of halogens is 3. The number of nitrogens with zero attached hydrogens (tertiary/aromatic N) is 7. The average molecular weight is 684 g/mol. The lowest BCUT2D eigenvalue weighted by Crippen LogP contribution is -2.56. The van der Waals surface area contributed by atoms with Gasteiger partial charge in [-0.05, 0) is 38.4 Å². The number of nitrogens with two attached hydrogens (primary N) is 2. The number of amides is 1. The third kappa shape index (κ3) is 8.44. The summed E-state index contributed by atoms with van der Waals surface area (Å²) < 4.78 is 11.8. The number of carbonyl (C=O) groups excluding carboxylic acids is 2. The number of nitrogens with one attached hydrogen (secondary N) is 3. The van der Waals surface area contributed by atoms with Crippen LogP contribution in [0.3, 0.4) is 0 Å². The van der Waals surface area contributed by atoms with Gasteiger partial charge in [0.2, 0.25) is 5.95 Å². The standard InChI is InChI=1S/C26H31ClN12O4.2ClH/c1-3-32-22-23-33-12-15(11-30)39(23)37-25(36-22)34-18-8-14(10-29)9-19(21(18)27)38-7-5-17(35-26(41)42-2)20(13-38)43-24(40)16(31)4-6-28;;/h8-9,12,16-17,20H,3-7,13,28,31H2,1-2H3,(H,35,41)(H2,32,34,36,37);2*1H/t16?,17-,20-;;/m1../s1. The summed E-state index contributed by atoms with van der Waals surface area (Å²) in [4.78, 5) is 35.2. The minimum Gasteiger partial charge on any atom is -0.457 e. The van der Waals surface area contributed by atoms with Crippen LogP contribution in [0.4, 0.5) is 27.9 Å². The van der Waals surface area contributed by atoms with Crippen molar-refractivity contribution in [2.45, 2.75) is 38.0 Å². The molecular weight excluding hydrogens is 651 g/mol. The Balaban J connectivity index is 0.00000353. The number of methoxy groups -OCH3 is 1. The fourth-order valence-electron chi connectivity index (χ4n) is 4.58. The lowest BCUT2D eigenvalue weighted by atomic mass is 10.00. The van der Waals surface area contributed by atoms with Gasteiger partial charge >= 0.3 is 12.1 Å². The second kappa shape index (κ2) is 16.7. The largest absolute Gasteiger partial charge is 0.457 e. The van der Waals surface area contributed by atoms with Gasteiger partial charge in [0.1, 0.15) is 18.2 Å². The van der Waals surface area contributed by atoms with Gasteiger partial charge in [-0.3, -0.25) is 4.79 Å². The van der Waals surface area contributed by atoms with E-state index in [2.05, 4.69) is 37.1 Å². The number of alkyl carbamates (subject to hydrolysis) is 1. The minimum absolute atomic E-state index is 0. The quantitative estimate of drug-likeness (QED) is 0.193. The van der Waals surface area contributed by atoms with E-state index in [9.17, 15) is 20.1 Å². The Bertz CT molecular complexity index is 1590. The number of imidazole rings is 1. The molecule has 242 valence electrons. The molecule has 1 amide bonds. The highest BCUT2D eigenvalue weighted by Crippen LogP contribution is 2.37. The molecule has 2 aromatic heterocycles. The normalized spacial score (nSPS) is 16.2. The summed E-state index contributed by atoms with van der Waals surface area (Å²) >= 11 is 6.88. The predicted octanol–water partition coefficient (Wildman–Crippen LogP) is 2.06. The number of carbonyl (C=O) groups is 2. The fraction of sp³-hybridized carbons (Fsp3) is 0.423. The number of esters is 1. The molecule has 0 aliphatic carbocycles. The lowest BCUT2D eigenvalue weighted by Gasteiger charge is -2.40. The van der Waals surface area contributed by atoms with Gasteiger partial charge in [0.25, 0.3) is 0 Å². The van der Waals surface area contributed by atoms with Crippen molar-refractivity contribution in [3.63, 3.8) is 0 Å². The molecule has 3 heterocycles. The van der Waals surface area contributed by atoms with Gasteiger partial charge in [-0.15, -0.1) is 29.9 Å². The number of aromatic nitrogens is 4. The summed E-state index contributed by atoms with van der Waals surface area (Å²) in [7, 11) is 1.24.